The Morgan fingerprint density at radius 2 is 1.56 bits per heavy atom. The van der Waals surface area contributed by atoms with E-state index in [1.54, 1.807) is 23.1 Å². The third kappa shape index (κ3) is 4.59. The summed E-state index contributed by atoms with van der Waals surface area (Å²) in [6, 6.07) is 10.8. The second-order valence-corrected chi connectivity index (χ2v) is 10.0. The number of hydrogen-bond acceptors (Lipinski definition) is 5. The van der Waals surface area contributed by atoms with Crippen molar-refractivity contribution in [3.63, 3.8) is 0 Å². The number of ether oxygens (including phenoxy) is 1. The lowest BCUT2D eigenvalue weighted by atomic mass is 10.1. The Balaban J connectivity index is 1.52. The molecule has 0 aromatic heterocycles. The Kier molecular flexibility index (Phi) is 6.66. The molecule has 172 valence electrons. The molecule has 0 N–H and O–H groups in total. The molecule has 0 aliphatic carbocycles. The van der Waals surface area contributed by atoms with Crippen LogP contribution in [0, 0.1) is 5.82 Å². The normalized spacial score (nSPS) is 17.9. The van der Waals surface area contributed by atoms with E-state index in [2.05, 4.69) is 4.90 Å². The van der Waals surface area contributed by atoms with Gasteiger partial charge in [0.1, 0.15) is 11.6 Å². The number of benzene rings is 2. The van der Waals surface area contributed by atoms with Gasteiger partial charge >= 0.3 is 0 Å². The molecule has 2 aromatic rings. The van der Waals surface area contributed by atoms with Crippen LogP contribution in [0.15, 0.2) is 47.4 Å². The van der Waals surface area contributed by atoms with Crippen LogP contribution in [0.3, 0.4) is 0 Å². The highest BCUT2D eigenvalue weighted by molar-refractivity contribution is 7.89. The number of halogens is 1. The number of rotatable bonds is 5. The van der Waals surface area contributed by atoms with Gasteiger partial charge in [-0.15, -0.1) is 0 Å². The number of carbonyl (C=O) groups is 1. The highest BCUT2D eigenvalue weighted by Gasteiger charge is 2.29. The molecule has 32 heavy (non-hydrogen) atoms. The average Bonchev–Trinajstić information content (AvgIpc) is 2.84. The Morgan fingerprint density at radius 1 is 0.906 bits per heavy atom. The first-order chi connectivity index (χ1) is 15.4. The number of carbonyl (C=O) groups excluding carboxylic acids is 1. The van der Waals surface area contributed by atoms with Gasteiger partial charge in [0, 0.05) is 45.0 Å². The summed E-state index contributed by atoms with van der Waals surface area (Å²) in [4.78, 5) is 17.2. The van der Waals surface area contributed by atoms with E-state index >= 15 is 0 Å². The molecule has 0 unspecified atom stereocenters. The first-order valence-corrected chi connectivity index (χ1v) is 12.3. The number of methoxy groups -OCH3 is 1. The number of piperidine rings is 1. The third-order valence-electron chi connectivity index (χ3n) is 6.11. The minimum absolute atomic E-state index is 0.119. The number of anilines is 1. The first kappa shape index (κ1) is 22.5. The summed E-state index contributed by atoms with van der Waals surface area (Å²) in [5.41, 5.74) is 1.16. The summed E-state index contributed by atoms with van der Waals surface area (Å²) < 4.78 is 46.2. The lowest BCUT2D eigenvalue weighted by Gasteiger charge is -2.36. The average molecular weight is 462 g/mol. The van der Waals surface area contributed by atoms with E-state index in [1.165, 1.54) is 35.7 Å². The lowest BCUT2D eigenvalue weighted by molar-refractivity contribution is 0.0743. The van der Waals surface area contributed by atoms with E-state index in [1.807, 2.05) is 0 Å². The topological polar surface area (TPSA) is 70.2 Å². The maximum absolute atomic E-state index is 13.3. The van der Waals surface area contributed by atoms with Gasteiger partial charge in [-0.1, -0.05) is 6.42 Å². The quantitative estimate of drug-likeness (QED) is 0.685. The van der Waals surface area contributed by atoms with Crippen LogP contribution in [0.4, 0.5) is 10.1 Å². The molecule has 0 atom stereocenters. The predicted octanol–water partition coefficient (Wildman–Crippen LogP) is 2.97. The fourth-order valence-electron chi connectivity index (χ4n) is 4.26. The molecular weight excluding hydrogens is 433 g/mol. The Morgan fingerprint density at radius 3 is 2.19 bits per heavy atom. The van der Waals surface area contributed by atoms with Gasteiger partial charge in [0.15, 0.2) is 0 Å². The van der Waals surface area contributed by atoms with Gasteiger partial charge in [0.05, 0.1) is 17.6 Å². The van der Waals surface area contributed by atoms with E-state index in [9.17, 15) is 17.6 Å². The molecule has 4 rings (SSSR count). The monoisotopic (exact) mass is 461 g/mol. The zero-order valence-electron chi connectivity index (χ0n) is 18.2. The molecular formula is C23H28FN3O4S. The number of sulfonamides is 1. The lowest BCUT2D eigenvalue weighted by Crippen LogP contribution is -2.48. The molecule has 2 aliphatic rings. The SMILES string of the molecule is COc1ccc(S(=O)(=O)N2CCCCC2)cc1C(=O)N1CCN(c2ccc(F)cc2)CC1. The second-order valence-electron chi connectivity index (χ2n) is 8.08. The zero-order chi connectivity index (χ0) is 22.7. The smallest absolute Gasteiger partial charge is 0.257 e. The Hall–Kier alpha value is -2.65. The molecule has 2 aliphatic heterocycles. The number of piperazine rings is 1. The zero-order valence-corrected chi connectivity index (χ0v) is 19.0. The predicted molar refractivity (Wildman–Crippen MR) is 120 cm³/mol. The van der Waals surface area contributed by atoms with Crippen LogP contribution in [-0.4, -0.2) is 69.9 Å². The van der Waals surface area contributed by atoms with E-state index in [4.69, 9.17) is 4.74 Å². The van der Waals surface area contributed by atoms with Gasteiger partial charge in [-0.2, -0.15) is 4.31 Å². The second kappa shape index (κ2) is 9.46. The van der Waals surface area contributed by atoms with Crippen molar-refractivity contribution in [3.8, 4) is 5.75 Å². The van der Waals surface area contributed by atoms with Crippen LogP contribution in [0.1, 0.15) is 29.6 Å². The van der Waals surface area contributed by atoms with Crippen molar-refractivity contribution >= 4 is 21.6 Å². The van der Waals surface area contributed by atoms with Crippen molar-refractivity contribution in [2.24, 2.45) is 0 Å². The molecule has 2 heterocycles. The van der Waals surface area contributed by atoms with Crippen LogP contribution in [-0.2, 0) is 10.0 Å². The largest absolute Gasteiger partial charge is 0.496 e. The van der Waals surface area contributed by atoms with E-state index in [0.29, 0.717) is 45.0 Å². The van der Waals surface area contributed by atoms with Crippen LogP contribution in [0.2, 0.25) is 0 Å². The summed E-state index contributed by atoms with van der Waals surface area (Å²) in [6.45, 7) is 3.16. The molecule has 2 aromatic carbocycles. The summed E-state index contributed by atoms with van der Waals surface area (Å²) >= 11 is 0. The molecule has 2 saturated heterocycles. The van der Waals surface area contributed by atoms with Crippen molar-refractivity contribution in [2.75, 3.05) is 51.3 Å². The molecule has 0 radical (unpaired) electrons. The minimum atomic E-state index is -3.65. The minimum Gasteiger partial charge on any atom is -0.496 e. The Bertz CT molecular complexity index is 1060. The van der Waals surface area contributed by atoms with E-state index < -0.39 is 10.0 Å². The van der Waals surface area contributed by atoms with Crippen LogP contribution >= 0.6 is 0 Å². The fraction of sp³-hybridized carbons (Fsp3) is 0.435. The Labute approximate surface area is 188 Å². The molecule has 0 saturated carbocycles. The van der Waals surface area contributed by atoms with Gasteiger partial charge < -0.3 is 14.5 Å². The number of amides is 1. The summed E-state index contributed by atoms with van der Waals surface area (Å²) in [6.07, 6.45) is 2.72. The highest BCUT2D eigenvalue weighted by atomic mass is 32.2. The summed E-state index contributed by atoms with van der Waals surface area (Å²) in [5, 5.41) is 0. The molecule has 7 nitrogen and oxygen atoms in total. The highest BCUT2D eigenvalue weighted by Crippen LogP contribution is 2.28. The molecule has 2 fully saturated rings. The number of nitrogens with zero attached hydrogens (tertiary/aromatic N) is 3. The van der Waals surface area contributed by atoms with Gasteiger partial charge in [-0.05, 0) is 55.3 Å². The summed E-state index contributed by atoms with van der Waals surface area (Å²) in [5.74, 6) is -0.182. The van der Waals surface area contributed by atoms with Crippen LogP contribution in [0.5, 0.6) is 5.75 Å². The van der Waals surface area contributed by atoms with Crippen molar-refractivity contribution in [1.29, 1.82) is 0 Å². The van der Waals surface area contributed by atoms with Crippen LogP contribution in [0.25, 0.3) is 0 Å². The van der Waals surface area contributed by atoms with Crippen molar-refractivity contribution in [1.82, 2.24) is 9.21 Å². The van der Waals surface area contributed by atoms with Gasteiger partial charge in [-0.25, -0.2) is 12.8 Å². The van der Waals surface area contributed by atoms with E-state index in [0.717, 1.165) is 24.9 Å². The van der Waals surface area contributed by atoms with Crippen LogP contribution < -0.4 is 9.64 Å². The molecule has 0 bridgehead atoms. The maximum atomic E-state index is 13.3. The summed E-state index contributed by atoms with van der Waals surface area (Å²) in [7, 11) is -2.18. The van der Waals surface area contributed by atoms with Gasteiger partial charge in [0.25, 0.3) is 5.91 Å². The standard InChI is InChI=1S/C23H28FN3O4S/c1-31-22-10-9-20(32(29,30)27-11-3-2-4-12-27)17-21(22)23(28)26-15-13-25(14-16-26)19-7-5-18(24)6-8-19/h5-10,17H,2-4,11-16H2,1H3. The maximum Gasteiger partial charge on any atom is 0.257 e. The van der Waals surface area contributed by atoms with Gasteiger partial charge in [-0.3, -0.25) is 4.79 Å². The van der Waals surface area contributed by atoms with Crippen molar-refractivity contribution < 1.29 is 22.3 Å². The first-order valence-electron chi connectivity index (χ1n) is 10.9. The third-order valence-corrected chi connectivity index (χ3v) is 8.01. The fourth-order valence-corrected chi connectivity index (χ4v) is 5.80. The van der Waals surface area contributed by atoms with E-state index in [-0.39, 0.29) is 22.2 Å². The number of hydrogen-bond donors (Lipinski definition) is 0. The molecule has 9 heteroatoms. The molecule has 0 spiro atoms. The van der Waals surface area contributed by atoms with Crippen molar-refractivity contribution in [2.45, 2.75) is 24.2 Å². The van der Waals surface area contributed by atoms with Gasteiger partial charge in [0.2, 0.25) is 10.0 Å². The molecule has 1 amide bonds. The van der Waals surface area contributed by atoms with Crippen molar-refractivity contribution in [3.05, 3.63) is 53.8 Å².